The van der Waals surface area contributed by atoms with E-state index in [2.05, 4.69) is 15.5 Å². The molecule has 1 amide bonds. The lowest BCUT2D eigenvalue weighted by atomic mass is 10.1. The van der Waals surface area contributed by atoms with Gasteiger partial charge >= 0.3 is 0 Å². The van der Waals surface area contributed by atoms with Gasteiger partial charge in [-0.25, -0.2) is 14.3 Å². The van der Waals surface area contributed by atoms with Crippen molar-refractivity contribution in [3.05, 3.63) is 76.0 Å². The summed E-state index contributed by atoms with van der Waals surface area (Å²) in [6.45, 7) is 4.15. The van der Waals surface area contributed by atoms with E-state index in [0.29, 0.717) is 28.1 Å². The van der Waals surface area contributed by atoms with Crippen molar-refractivity contribution in [1.29, 1.82) is 0 Å². The van der Waals surface area contributed by atoms with Crippen molar-refractivity contribution in [3.63, 3.8) is 0 Å². The SMILES string of the molecule is Cc1ccc(-n2ncc3c(=O)n(NC(=O)c4ccc5c(c4)OCO5)cnc32)cc1C. The van der Waals surface area contributed by atoms with Crippen LogP contribution in [-0.4, -0.2) is 32.1 Å². The number of fused-ring (bicyclic) bond motifs is 2. The van der Waals surface area contributed by atoms with Crippen LogP contribution in [0.4, 0.5) is 0 Å². The van der Waals surface area contributed by atoms with Crippen LogP contribution in [0.5, 0.6) is 11.5 Å². The number of carbonyl (C=O) groups excluding carboxylic acids is 1. The van der Waals surface area contributed by atoms with Gasteiger partial charge in [-0.3, -0.25) is 15.0 Å². The normalized spacial score (nSPS) is 12.3. The molecule has 0 fully saturated rings. The van der Waals surface area contributed by atoms with Crippen LogP contribution in [0.2, 0.25) is 0 Å². The molecule has 0 radical (unpaired) electrons. The standard InChI is InChI=1S/C21H17N5O4/c1-12-3-5-15(7-13(12)2)26-19-16(9-23-26)21(28)25(10-22-19)24-20(27)14-4-6-17-18(8-14)30-11-29-17/h3-10H,11H2,1-2H3,(H,24,27). The summed E-state index contributed by atoms with van der Waals surface area (Å²) >= 11 is 0. The Kier molecular flexibility index (Phi) is 4.02. The second-order valence-electron chi connectivity index (χ2n) is 6.99. The van der Waals surface area contributed by atoms with Crippen molar-refractivity contribution < 1.29 is 14.3 Å². The van der Waals surface area contributed by atoms with Crippen molar-refractivity contribution in [2.75, 3.05) is 12.2 Å². The third kappa shape index (κ3) is 2.87. The molecule has 2 aromatic heterocycles. The molecule has 30 heavy (non-hydrogen) atoms. The van der Waals surface area contributed by atoms with Crippen molar-refractivity contribution >= 4 is 16.9 Å². The molecule has 5 rings (SSSR count). The lowest BCUT2D eigenvalue weighted by Gasteiger charge is -2.09. The average molecular weight is 403 g/mol. The second kappa shape index (κ2) is 6.73. The fourth-order valence-corrected chi connectivity index (χ4v) is 3.25. The Hall–Kier alpha value is -4.14. The van der Waals surface area contributed by atoms with Gasteiger partial charge in [0.1, 0.15) is 11.7 Å². The molecule has 1 N–H and O–H groups in total. The maximum Gasteiger partial charge on any atom is 0.283 e. The average Bonchev–Trinajstić information content (AvgIpc) is 3.38. The molecule has 4 aromatic rings. The summed E-state index contributed by atoms with van der Waals surface area (Å²) in [6, 6.07) is 10.7. The first-order valence-corrected chi connectivity index (χ1v) is 9.25. The zero-order valence-electron chi connectivity index (χ0n) is 16.2. The number of nitrogens with zero attached hydrogens (tertiary/aromatic N) is 4. The summed E-state index contributed by atoms with van der Waals surface area (Å²) < 4.78 is 13.2. The van der Waals surface area contributed by atoms with Gasteiger partial charge in [0, 0.05) is 5.56 Å². The van der Waals surface area contributed by atoms with E-state index in [0.717, 1.165) is 21.5 Å². The van der Waals surface area contributed by atoms with Gasteiger partial charge in [-0.2, -0.15) is 5.10 Å². The summed E-state index contributed by atoms with van der Waals surface area (Å²) in [5.41, 5.74) is 5.95. The predicted octanol–water partition coefficient (Wildman–Crippen LogP) is 2.31. The van der Waals surface area contributed by atoms with E-state index in [1.807, 2.05) is 32.0 Å². The van der Waals surface area contributed by atoms with Gasteiger partial charge in [-0.15, -0.1) is 0 Å². The first-order chi connectivity index (χ1) is 14.5. The molecule has 0 saturated carbocycles. The zero-order valence-corrected chi connectivity index (χ0v) is 16.2. The van der Waals surface area contributed by atoms with E-state index < -0.39 is 11.5 Å². The number of carbonyl (C=O) groups is 1. The van der Waals surface area contributed by atoms with E-state index in [1.54, 1.807) is 22.9 Å². The molecule has 3 heterocycles. The Morgan fingerprint density at radius 2 is 1.90 bits per heavy atom. The number of nitrogens with one attached hydrogen (secondary N) is 1. The van der Waals surface area contributed by atoms with Gasteiger partial charge < -0.3 is 9.47 Å². The van der Waals surface area contributed by atoms with Gasteiger partial charge in [-0.1, -0.05) is 6.07 Å². The smallest absolute Gasteiger partial charge is 0.283 e. The molecule has 0 aliphatic carbocycles. The third-order valence-corrected chi connectivity index (χ3v) is 5.08. The van der Waals surface area contributed by atoms with Crippen molar-refractivity contribution in [2.24, 2.45) is 0 Å². The minimum absolute atomic E-state index is 0.116. The maximum absolute atomic E-state index is 12.9. The predicted molar refractivity (Wildman–Crippen MR) is 109 cm³/mol. The van der Waals surface area contributed by atoms with E-state index in [-0.39, 0.29) is 6.79 Å². The number of hydrogen-bond donors (Lipinski definition) is 1. The Morgan fingerprint density at radius 3 is 2.73 bits per heavy atom. The van der Waals surface area contributed by atoms with E-state index in [4.69, 9.17) is 9.47 Å². The summed E-state index contributed by atoms with van der Waals surface area (Å²) in [6.07, 6.45) is 2.72. The largest absolute Gasteiger partial charge is 0.454 e. The Balaban J connectivity index is 1.48. The highest BCUT2D eigenvalue weighted by molar-refractivity contribution is 6.00. The Bertz CT molecular complexity index is 1370. The van der Waals surface area contributed by atoms with Gasteiger partial charge in [0.2, 0.25) is 6.79 Å². The summed E-state index contributed by atoms with van der Waals surface area (Å²) in [4.78, 5) is 29.8. The molecule has 2 aromatic carbocycles. The summed E-state index contributed by atoms with van der Waals surface area (Å²) in [5, 5.41) is 4.61. The molecule has 0 spiro atoms. The Labute approximate surface area is 170 Å². The molecule has 0 bridgehead atoms. The third-order valence-electron chi connectivity index (χ3n) is 5.08. The zero-order chi connectivity index (χ0) is 20.8. The molecular formula is C21H17N5O4. The minimum Gasteiger partial charge on any atom is -0.454 e. The van der Waals surface area contributed by atoms with E-state index >= 15 is 0 Å². The Morgan fingerprint density at radius 1 is 1.07 bits per heavy atom. The number of hydrogen-bond acceptors (Lipinski definition) is 6. The second-order valence-corrected chi connectivity index (χ2v) is 6.99. The lowest BCUT2D eigenvalue weighted by Crippen LogP contribution is -2.33. The van der Waals surface area contributed by atoms with Gasteiger partial charge in [0.05, 0.1) is 11.9 Å². The number of aromatic nitrogens is 4. The molecule has 9 nitrogen and oxygen atoms in total. The maximum atomic E-state index is 12.9. The van der Waals surface area contributed by atoms with Gasteiger partial charge in [0.25, 0.3) is 11.5 Å². The van der Waals surface area contributed by atoms with Crippen LogP contribution in [0.15, 0.2) is 53.7 Å². The monoisotopic (exact) mass is 403 g/mol. The van der Waals surface area contributed by atoms with Crippen LogP contribution in [0.25, 0.3) is 16.7 Å². The van der Waals surface area contributed by atoms with Crippen molar-refractivity contribution in [3.8, 4) is 17.2 Å². The summed E-state index contributed by atoms with van der Waals surface area (Å²) in [7, 11) is 0. The van der Waals surface area contributed by atoms with Crippen molar-refractivity contribution in [1.82, 2.24) is 19.4 Å². The van der Waals surface area contributed by atoms with Crippen LogP contribution >= 0.6 is 0 Å². The first-order valence-electron chi connectivity index (χ1n) is 9.25. The quantitative estimate of drug-likeness (QED) is 0.563. The molecule has 0 unspecified atom stereocenters. The lowest BCUT2D eigenvalue weighted by molar-refractivity contribution is 0.101. The highest BCUT2D eigenvalue weighted by atomic mass is 16.7. The molecule has 9 heteroatoms. The summed E-state index contributed by atoms with van der Waals surface area (Å²) in [5.74, 6) is 0.585. The topological polar surface area (TPSA) is 100 Å². The molecule has 150 valence electrons. The number of aryl methyl sites for hydroxylation is 2. The van der Waals surface area contributed by atoms with Gasteiger partial charge in [-0.05, 0) is 55.3 Å². The highest BCUT2D eigenvalue weighted by Crippen LogP contribution is 2.32. The fourth-order valence-electron chi connectivity index (χ4n) is 3.25. The van der Waals surface area contributed by atoms with E-state index in [1.165, 1.54) is 12.5 Å². The molecule has 0 saturated heterocycles. The number of ether oxygens (including phenoxy) is 2. The van der Waals surface area contributed by atoms with Crippen LogP contribution in [0, 0.1) is 13.8 Å². The molecule has 1 aliphatic rings. The van der Waals surface area contributed by atoms with Crippen LogP contribution in [-0.2, 0) is 0 Å². The molecule has 1 aliphatic heterocycles. The highest BCUT2D eigenvalue weighted by Gasteiger charge is 2.18. The fraction of sp³-hybridized carbons (Fsp3) is 0.143. The van der Waals surface area contributed by atoms with Gasteiger partial charge in [0.15, 0.2) is 17.1 Å². The molecular weight excluding hydrogens is 386 g/mol. The van der Waals surface area contributed by atoms with Crippen LogP contribution < -0.4 is 20.5 Å². The molecule has 0 atom stereocenters. The van der Waals surface area contributed by atoms with Crippen LogP contribution in [0.1, 0.15) is 21.5 Å². The number of amides is 1. The first kappa shape index (κ1) is 17.9. The van der Waals surface area contributed by atoms with E-state index in [9.17, 15) is 9.59 Å². The minimum atomic E-state index is -0.474. The van der Waals surface area contributed by atoms with Crippen molar-refractivity contribution in [2.45, 2.75) is 13.8 Å². The number of rotatable bonds is 3. The number of benzene rings is 2. The van der Waals surface area contributed by atoms with Crippen LogP contribution in [0.3, 0.4) is 0 Å².